The largest absolute Gasteiger partial charge is 0.387 e. The molecule has 1 unspecified atom stereocenters. The number of amides is 1. The highest BCUT2D eigenvalue weighted by molar-refractivity contribution is 7.98. The van der Waals surface area contributed by atoms with Crippen molar-refractivity contribution in [3.63, 3.8) is 0 Å². The molecule has 1 rings (SSSR count). The lowest BCUT2D eigenvalue weighted by atomic mass is 10.1. The van der Waals surface area contributed by atoms with Crippen LogP contribution in [-0.4, -0.2) is 45.1 Å². The number of aromatic nitrogens is 2. The van der Waals surface area contributed by atoms with E-state index in [9.17, 15) is 19.5 Å². The second kappa shape index (κ2) is 6.58. The molecule has 1 atom stereocenters. The molecule has 0 aliphatic heterocycles. The molecule has 0 radical (unpaired) electrons. The average Bonchev–Trinajstić information content (AvgIpc) is 2.25. The third-order valence-electron chi connectivity index (χ3n) is 2.29. The summed E-state index contributed by atoms with van der Waals surface area (Å²) in [4.78, 5) is 38.1. The standard InChI is InChI=1S/C11H17N3O4S/c1-11(18,6-19-2)5-12-8(15)3-7-4-9(16)14-10(17)13-7/h4,18H,3,5-6H2,1-2H3,(H,12,15)(H2,13,14,16,17). The Morgan fingerprint density at radius 3 is 2.74 bits per heavy atom. The number of aliphatic hydroxyl groups is 1. The van der Waals surface area contributed by atoms with Gasteiger partial charge in [0.05, 0.1) is 12.0 Å². The highest BCUT2D eigenvalue weighted by atomic mass is 32.2. The maximum absolute atomic E-state index is 11.6. The summed E-state index contributed by atoms with van der Waals surface area (Å²) in [5, 5.41) is 12.4. The molecule has 106 valence electrons. The van der Waals surface area contributed by atoms with Crippen LogP contribution in [0.3, 0.4) is 0 Å². The van der Waals surface area contributed by atoms with E-state index in [0.717, 1.165) is 6.07 Å². The third kappa shape index (κ3) is 5.75. The van der Waals surface area contributed by atoms with E-state index in [1.807, 2.05) is 11.2 Å². The van der Waals surface area contributed by atoms with Gasteiger partial charge in [0, 0.05) is 24.1 Å². The smallest absolute Gasteiger partial charge is 0.325 e. The minimum absolute atomic E-state index is 0.111. The summed E-state index contributed by atoms with van der Waals surface area (Å²) in [6.45, 7) is 1.74. The van der Waals surface area contributed by atoms with Crippen LogP contribution in [0.25, 0.3) is 0 Å². The van der Waals surface area contributed by atoms with Crippen LogP contribution >= 0.6 is 11.8 Å². The molecule has 0 spiro atoms. The molecule has 0 aromatic carbocycles. The van der Waals surface area contributed by atoms with Crippen LogP contribution in [-0.2, 0) is 11.2 Å². The molecule has 7 nitrogen and oxygen atoms in total. The van der Waals surface area contributed by atoms with Gasteiger partial charge in [0.15, 0.2) is 0 Å². The maximum atomic E-state index is 11.6. The van der Waals surface area contributed by atoms with E-state index in [1.165, 1.54) is 11.8 Å². The van der Waals surface area contributed by atoms with Crippen LogP contribution in [0.1, 0.15) is 12.6 Å². The molecule has 1 amide bonds. The van der Waals surface area contributed by atoms with E-state index in [0.29, 0.717) is 5.75 Å². The number of carbonyl (C=O) groups is 1. The Morgan fingerprint density at radius 1 is 1.47 bits per heavy atom. The van der Waals surface area contributed by atoms with Crippen molar-refractivity contribution in [1.82, 2.24) is 15.3 Å². The number of nitrogens with one attached hydrogen (secondary N) is 3. The SMILES string of the molecule is CSCC(C)(O)CNC(=O)Cc1cc(=O)[nH]c(=O)[nH]1. The Bertz CT molecular complexity index is 521. The highest BCUT2D eigenvalue weighted by Crippen LogP contribution is 2.08. The van der Waals surface area contributed by atoms with Crippen molar-refractivity contribution in [1.29, 1.82) is 0 Å². The minimum atomic E-state index is -0.989. The number of aromatic amines is 2. The van der Waals surface area contributed by atoms with E-state index in [1.54, 1.807) is 6.92 Å². The fraction of sp³-hybridized carbons (Fsp3) is 0.545. The fourth-order valence-corrected chi connectivity index (χ4v) is 2.23. The van der Waals surface area contributed by atoms with Crippen molar-refractivity contribution >= 4 is 17.7 Å². The Hall–Kier alpha value is -1.54. The lowest BCUT2D eigenvalue weighted by Crippen LogP contribution is -2.43. The molecule has 0 saturated heterocycles. The molecular weight excluding hydrogens is 270 g/mol. The number of carbonyl (C=O) groups excluding carboxylic acids is 1. The summed E-state index contributed by atoms with van der Waals surface area (Å²) in [6.07, 6.45) is 1.74. The van der Waals surface area contributed by atoms with Crippen molar-refractivity contribution in [2.45, 2.75) is 18.9 Å². The zero-order valence-corrected chi connectivity index (χ0v) is 11.6. The zero-order chi connectivity index (χ0) is 14.5. The van der Waals surface area contributed by atoms with Gasteiger partial charge >= 0.3 is 5.69 Å². The number of H-pyrrole nitrogens is 2. The van der Waals surface area contributed by atoms with Crippen LogP contribution in [0.4, 0.5) is 0 Å². The van der Waals surface area contributed by atoms with Gasteiger partial charge in [0.25, 0.3) is 5.56 Å². The van der Waals surface area contributed by atoms with Crippen molar-refractivity contribution in [2.24, 2.45) is 0 Å². The predicted molar refractivity (Wildman–Crippen MR) is 73.4 cm³/mol. The summed E-state index contributed by atoms with van der Waals surface area (Å²) >= 11 is 1.47. The molecule has 1 aromatic heterocycles. The molecule has 1 aromatic rings. The number of hydrogen-bond donors (Lipinski definition) is 4. The average molecular weight is 287 g/mol. The van der Waals surface area contributed by atoms with E-state index >= 15 is 0 Å². The topological polar surface area (TPSA) is 115 Å². The molecule has 0 aliphatic carbocycles. The summed E-state index contributed by atoms with van der Waals surface area (Å²) in [5.74, 6) is 0.123. The molecule has 8 heteroatoms. The maximum Gasteiger partial charge on any atom is 0.325 e. The van der Waals surface area contributed by atoms with Gasteiger partial charge in [-0.3, -0.25) is 14.6 Å². The lowest BCUT2D eigenvalue weighted by Gasteiger charge is -2.22. The van der Waals surface area contributed by atoms with E-state index in [2.05, 4.69) is 10.3 Å². The van der Waals surface area contributed by atoms with Crippen LogP contribution in [0.5, 0.6) is 0 Å². The Morgan fingerprint density at radius 2 is 2.16 bits per heavy atom. The summed E-state index contributed by atoms with van der Waals surface area (Å²) in [7, 11) is 0. The van der Waals surface area contributed by atoms with Crippen LogP contribution in [0.2, 0.25) is 0 Å². The van der Waals surface area contributed by atoms with Crippen molar-refractivity contribution in [3.8, 4) is 0 Å². The normalized spacial score (nSPS) is 13.8. The van der Waals surface area contributed by atoms with E-state index in [4.69, 9.17) is 0 Å². The van der Waals surface area contributed by atoms with Gasteiger partial charge in [-0.2, -0.15) is 11.8 Å². The molecule has 19 heavy (non-hydrogen) atoms. The minimum Gasteiger partial charge on any atom is -0.387 e. The quantitative estimate of drug-likeness (QED) is 0.526. The number of rotatable bonds is 6. The van der Waals surface area contributed by atoms with Crippen molar-refractivity contribution < 1.29 is 9.90 Å². The molecule has 0 bridgehead atoms. The third-order valence-corrected chi connectivity index (χ3v) is 3.20. The molecule has 0 saturated carbocycles. The lowest BCUT2D eigenvalue weighted by molar-refractivity contribution is -0.121. The van der Waals surface area contributed by atoms with Gasteiger partial charge in [0.1, 0.15) is 0 Å². The van der Waals surface area contributed by atoms with E-state index < -0.39 is 16.9 Å². The Labute approximate surface area is 113 Å². The summed E-state index contributed by atoms with van der Waals surface area (Å²) < 4.78 is 0. The number of thioether (sulfide) groups is 1. The summed E-state index contributed by atoms with van der Waals surface area (Å²) in [5.41, 5.74) is -1.96. The van der Waals surface area contributed by atoms with E-state index in [-0.39, 0.29) is 24.6 Å². The summed E-state index contributed by atoms with van der Waals surface area (Å²) in [6, 6.07) is 1.15. The first-order valence-corrected chi connectivity index (χ1v) is 7.02. The molecule has 1 heterocycles. The Balaban J connectivity index is 2.56. The molecule has 4 N–H and O–H groups in total. The Kier molecular flexibility index (Phi) is 5.37. The molecule has 0 aliphatic rings. The van der Waals surface area contributed by atoms with Gasteiger partial charge in [-0.25, -0.2) is 4.79 Å². The molecule has 0 fully saturated rings. The van der Waals surface area contributed by atoms with Gasteiger partial charge in [-0.1, -0.05) is 0 Å². The number of hydrogen-bond acceptors (Lipinski definition) is 5. The van der Waals surface area contributed by atoms with Crippen LogP contribution in [0, 0.1) is 0 Å². The van der Waals surface area contributed by atoms with Crippen LogP contribution < -0.4 is 16.6 Å². The first kappa shape index (κ1) is 15.5. The van der Waals surface area contributed by atoms with Gasteiger partial charge in [-0.15, -0.1) is 0 Å². The van der Waals surface area contributed by atoms with Gasteiger partial charge in [0.2, 0.25) is 5.91 Å². The van der Waals surface area contributed by atoms with Crippen molar-refractivity contribution in [3.05, 3.63) is 32.6 Å². The predicted octanol–water partition coefficient (Wildman–Crippen LogP) is -1.16. The monoisotopic (exact) mass is 287 g/mol. The second-order valence-corrected chi connectivity index (χ2v) is 5.36. The van der Waals surface area contributed by atoms with Gasteiger partial charge < -0.3 is 15.4 Å². The zero-order valence-electron chi connectivity index (χ0n) is 10.8. The molecular formula is C11H17N3O4S. The first-order valence-electron chi connectivity index (χ1n) is 5.63. The van der Waals surface area contributed by atoms with Crippen LogP contribution in [0.15, 0.2) is 15.7 Å². The van der Waals surface area contributed by atoms with Crippen molar-refractivity contribution in [2.75, 3.05) is 18.6 Å². The first-order chi connectivity index (χ1) is 8.82. The second-order valence-electron chi connectivity index (χ2n) is 4.50. The fourth-order valence-electron chi connectivity index (χ4n) is 1.50. The highest BCUT2D eigenvalue weighted by Gasteiger charge is 2.20. The van der Waals surface area contributed by atoms with Gasteiger partial charge in [-0.05, 0) is 13.2 Å².